The van der Waals surface area contributed by atoms with Gasteiger partial charge in [0.2, 0.25) is 5.91 Å². The zero-order valence-electron chi connectivity index (χ0n) is 12.0. The molecule has 0 aliphatic carbocycles. The summed E-state index contributed by atoms with van der Waals surface area (Å²) in [6.45, 7) is 1.16. The molecule has 1 aromatic rings. The van der Waals surface area contributed by atoms with Crippen molar-refractivity contribution in [3.05, 3.63) is 29.8 Å². The molecule has 1 amide bonds. The molecule has 0 aromatic heterocycles. The molecule has 0 spiro atoms. The molecule has 1 aromatic carbocycles. The summed E-state index contributed by atoms with van der Waals surface area (Å²) in [5.74, 6) is -0.996. The number of carboxylic acid groups (broad SMARTS) is 1. The molecule has 21 heavy (non-hydrogen) atoms. The standard InChI is InChI=1S/C15H19N3O3/c1-17-14(19)6-7-18(17)13-5-3-2-4-11(13)12-8-10(9-16-12)15(20)21/h2-5,10,12,16H,6-9H2,1H3,(H,20,21). The van der Waals surface area contributed by atoms with Crippen LogP contribution >= 0.6 is 0 Å². The van der Waals surface area contributed by atoms with Crippen LogP contribution in [0.4, 0.5) is 5.69 Å². The van der Waals surface area contributed by atoms with Crippen molar-refractivity contribution in [3.63, 3.8) is 0 Å². The second-order valence-electron chi connectivity index (χ2n) is 5.58. The highest BCUT2D eigenvalue weighted by Crippen LogP contribution is 2.35. The summed E-state index contributed by atoms with van der Waals surface area (Å²) in [6, 6.07) is 7.91. The summed E-state index contributed by atoms with van der Waals surface area (Å²) in [6.07, 6.45) is 1.10. The smallest absolute Gasteiger partial charge is 0.307 e. The molecule has 3 rings (SSSR count). The van der Waals surface area contributed by atoms with Crippen molar-refractivity contribution in [2.45, 2.75) is 18.9 Å². The van der Waals surface area contributed by atoms with Crippen LogP contribution in [0.3, 0.4) is 0 Å². The number of nitrogens with zero attached hydrogens (tertiary/aromatic N) is 2. The van der Waals surface area contributed by atoms with Crippen molar-refractivity contribution in [1.82, 2.24) is 10.3 Å². The number of hydrazine groups is 1. The normalized spacial score (nSPS) is 25.7. The van der Waals surface area contributed by atoms with Crippen LogP contribution in [0.5, 0.6) is 0 Å². The third kappa shape index (κ3) is 2.47. The van der Waals surface area contributed by atoms with Gasteiger partial charge in [0.1, 0.15) is 0 Å². The van der Waals surface area contributed by atoms with Crippen LogP contribution in [0.25, 0.3) is 0 Å². The fraction of sp³-hybridized carbons (Fsp3) is 0.467. The van der Waals surface area contributed by atoms with E-state index in [0.29, 0.717) is 25.9 Å². The number of benzene rings is 1. The Hall–Kier alpha value is -2.08. The van der Waals surface area contributed by atoms with Crippen LogP contribution in [-0.4, -0.2) is 42.1 Å². The van der Waals surface area contributed by atoms with Gasteiger partial charge in [0.25, 0.3) is 0 Å². The maximum Gasteiger partial charge on any atom is 0.307 e. The van der Waals surface area contributed by atoms with Gasteiger partial charge in [-0.2, -0.15) is 0 Å². The lowest BCUT2D eigenvalue weighted by Gasteiger charge is -2.29. The molecule has 0 saturated carbocycles. The molecule has 2 saturated heterocycles. The molecular weight excluding hydrogens is 270 g/mol. The fourth-order valence-electron chi connectivity index (χ4n) is 3.11. The number of carbonyl (C=O) groups is 2. The van der Waals surface area contributed by atoms with Gasteiger partial charge in [-0.25, -0.2) is 0 Å². The predicted octanol–water partition coefficient (Wildman–Crippen LogP) is 1.01. The molecule has 2 aliphatic heterocycles. The van der Waals surface area contributed by atoms with E-state index in [4.69, 9.17) is 5.11 Å². The Balaban J connectivity index is 1.87. The molecular formula is C15H19N3O3. The number of para-hydroxylation sites is 1. The maximum atomic E-state index is 11.7. The summed E-state index contributed by atoms with van der Waals surface area (Å²) < 4.78 is 0. The number of aliphatic carboxylic acids is 1. The van der Waals surface area contributed by atoms with Gasteiger partial charge in [0.15, 0.2) is 0 Å². The first-order valence-electron chi connectivity index (χ1n) is 7.17. The lowest BCUT2D eigenvalue weighted by molar-refractivity contribution is -0.141. The molecule has 2 N–H and O–H groups in total. The number of carbonyl (C=O) groups excluding carboxylic acids is 1. The Morgan fingerprint density at radius 3 is 2.76 bits per heavy atom. The van der Waals surface area contributed by atoms with Crippen LogP contribution in [-0.2, 0) is 9.59 Å². The number of nitrogens with one attached hydrogen (secondary N) is 1. The van der Waals surface area contributed by atoms with E-state index < -0.39 is 5.97 Å². The van der Waals surface area contributed by atoms with Crippen LogP contribution in [0.2, 0.25) is 0 Å². The van der Waals surface area contributed by atoms with Crippen molar-refractivity contribution >= 4 is 17.6 Å². The number of hydrogen-bond donors (Lipinski definition) is 2. The Bertz CT molecular complexity index is 575. The lowest BCUT2D eigenvalue weighted by atomic mass is 9.98. The number of carboxylic acids is 1. The number of anilines is 1. The molecule has 6 nitrogen and oxygen atoms in total. The van der Waals surface area contributed by atoms with Crippen molar-refractivity contribution in [3.8, 4) is 0 Å². The van der Waals surface area contributed by atoms with E-state index in [1.165, 1.54) is 0 Å². The highest BCUT2D eigenvalue weighted by Gasteiger charge is 2.34. The molecule has 2 atom stereocenters. The van der Waals surface area contributed by atoms with E-state index in [9.17, 15) is 9.59 Å². The Morgan fingerprint density at radius 2 is 2.14 bits per heavy atom. The SMILES string of the molecule is CN1C(=O)CCN1c1ccccc1C1CC(C(=O)O)CN1. The third-order valence-electron chi connectivity index (χ3n) is 4.33. The first kappa shape index (κ1) is 13.9. The molecule has 0 radical (unpaired) electrons. The van der Waals surface area contributed by atoms with Crippen LogP contribution < -0.4 is 10.3 Å². The number of rotatable bonds is 3. The maximum absolute atomic E-state index is 11.7. The third-order valence-corrected chi connectivity index (χ3v) is 4.33. The molecule has 0 bridgehead atoms. The van der Waals surface area contributed by atoms with Gasteiger partial charge >= 0.3 is 5.97 Å². The summed E-state index contributed by atoms with van der Waals surface area (Å²) in [5, 5.41) is 16.0. The van der Waals surface area contributed by atoms with E-state index in [1.807, 2.05) is 29.3 Å². The van der Waals surface area contributed by atoms with E-state index in [-0.39, 0.29) is 17.9 Å². The largest absolute Gasteiger partial charge is 0.481 e. The minimum absolute atomic E-state index is 0.0198. The molecule has 2 heterocycles. The van der Waals surface area contributed by atoms with E-state index >= 15 is 0 Å². The van der Waals surface area contributed by atoms with E-state index in [2.05, 4.69) is 5.32 Å². The van der Waals surface area contributed by atoms with Crippen LogP contribution in [0.15, 0.2) is 24.3 Å². The number of amides is 1. The van der Waals surface area contributed by atoms with Gasteiger partial charge in [-0.05, 0) is 18.1 Å². The monoisotopic (exact) mass is 289 g/mol. The van der Waals surface area contributed by atoms with E-state index in [1.54, 1.807) is 12.1 Å². The Morgan fingerprint density at radius 1 is 1.38 bits per heavy atom. The van der Waals surface area contributed by atoms with Crippen molar-refractivity contribution in [2.24, 2.45) is 5.92 Å². The quantitative estimate of drug-likeness (QED) is 0.868. The second-order valence-corrected chi connectivity index (χ2v) is 5.58. The minimum Gasteiger partial charge on any atom is -0.481 e. The Kier molecular flexibility index (Phi) is 3.55. The second kappa shape index (κ2) is 5.37. The first-order chi connectivity index (χ1) is 10.1. The molecule has 112 valence electrons. The van der Waals surface area contributed by atoms with Gasteiger partial charge in [-0.1, -0.05) is 18.2 Å². The highest BCUT2D eigenvalue weighted by atomic mass is 16.4. The van der Waals surface area contributed by atoms with Crippen LogP contribution in [0.1, 0.15) is 24.4 Å². The zero-order chi connectivity index (χ0) is 15.0. The molecule has 6 heteroatoms. The average molecular weight is 289 g/mol. The topological polar surface area (TPSA) is 72.9 Å². The summed E-state index contributed by atoms with van der Waals surface area (Å²) in [5.41, 5.74) is 2.04. The molecule has 2 fully saturated rings. The lowest BCUT2D eigenvalue weighted by Crippen LogP contribution is -2.36. The average Bonchev–Trinajstić information content (AvgIpc) is 3.08. The van der Waals surface area contributed by atoms with Crippen LogP contribution in [0, 0.1) is 5.92 Å². The van der Waals surface area contributed by atoms with Gasteiger partial charge < -0.3 is 10.4 Å². The Labute approximate surface area is 123 Å². The number of hydrogen-bond acceptors (Lipinski definition) is 4. The van der Waals surface area contributed by atoms with Gasteiger partial charge in [0, 0.05) is 32.6 Å². The van der Waals surface area contributed by atoms with Gasteiger partial charge in [-0.3, -0.25) is 19.6 Å². The summed E-state index contributed by atoms with van der Waals surface area (Å²) in [7, 11) is 1.77. The summed E-state index contributed by atoms with van der Waals surface area (Å²) >= 11 is 0. The highest BCUT2D eigenvalue weighted by molar-refractivity contribution is 5.82. The molecule has 2 unspecified atom stereocenters. The zero-order valence-corrected chi connectivity index (χ0v) is 12.0. The predicted molar refractivity (Wildman–Crippen MR) is 77.7 cm³/mol. The fourth-order valence-corrected chi connectivity index (χ4v) is 3.11. The summed E-state index contributed by atoms with van der Waals surface area (Å²) in [4.78, 5) is 22.8. The van der Waals surface area contributed by atoms with Gasteiger partial charge in [-0.15, -0.1) is 0 Å². The van der Waals surface area contributed by atoms with Crippen molar-refractivity contribution in [1.29, 1.82) is 0 Å². The first-order valence-corrected chi connectivity index (χ1v) is 7.17. The van der Waals surface area contributed by atoms with Crippen molar-refractivity contribution in [2.75, 3.05) is 25.1 Å². The minimum atomic E-state index is -0.754. The van der Waals surface area contributed by atoms with Gasteiger partial charge in [0.05, 0.1) is 11.6 Å². The van der Waals surface area contributed by atoms with Crippen molar-refractivity contribution < 1.29 is 14.7 Å². The molecule has 2 aliphatic rings. The van der Waals surface area contributed by atoms with E-state index in [0.717, 1.165) is 11.3 Å².